The molecule has 1 fully saturated rings. The smallest absolute Gasteiger partial charge is 0.230 e. The number of carbonyl (C=O) groups is 1. The number of amides is 1. The monoisotopic (exact) mass is 316 g/mol. The van der Waals surface area contributed by atoms with Crippen molar-refractivity contribution in [2.24, 2.45) is 0 Å². The molecule has 1 aliphatic heterocycles. The van der Waals surface area contributed by atoms with Crippen LogP contribution < -0.4 is 5.32 Å². The van der Waals surface area contributed by atoms with Crippen LogP contribution in [-0.4, -0.2) is 37.0 Å². The highest BCUT2D eigenvalue weighted by molar-refractivity contribution is 9.11. The Labute approximate surface area is 114 Å². The molecule has 2 rings (SSSR count). The Balaban J connectivity index is 2.03. The van der Waals surface area contributed by atoms with Crippen molar-refractivity contribution in [3.8, 4) is 0 Å². The van der Waals surface area contributed by atoms with E-state index in [1.165, 1.54) is 0 Å². The van der Waals surface area contributed by atoms with Gasteiger partial charge in [-0.25, -0.2) is 0 Å². The highest BCUT2D eigenvalue weighted by atomic mass is 79.9. The lowest BCUT2D eigenvalue weighted by atomic mass is 10.1. The highest BCUT2D eigenvalue weighted by Gasteiger charge is 2.23. The summed E-state index contributed by atoms with van der Waals surface area (Å²) in [6.07, 6.45) is 1.05. The summed E-state index contributed by atoms with van der Waals surface area (Å²) in [4.78, 5) is 15.5. The number of hydrogen-bond donors (Lipinski definition) is 1. The maximum absolute atomic E-state index is 12.4. The van der Waals surface area contributed by atoms with Crippen molar-refractivity contribution < 1.29 is 4.79 Å². The molecule has 0 saturated carbocycles. The van der Waals surface area contributed by atoms with Crippen LogP contribution >= 0.6 is 27.3 Å². The molecule has 1 aromatic rings. The predicted octanol–water partition coefficient (Wildman–Crippen LogP) is 2.44. The molecule has 1 aliphatic rings. The zero-order chi connectivity index (χ0) is 12.3. The number of nitrogens with one attached hydrogen (secondary N) is 1. The molecule has 1 amide bonds. The maximum atomic E-state index is 12.4. The standard InChI is InChI=1S/C12H17BrN2OS/c1-9(10-3-4-11(13)17-10)12(16)15-7-2-5-14-6-8-15/h3-4,9,14H,2,5-8H2,1H3. The van der Waals surface area contributed by atoms with Gasteiger partial charge in [0.25, 0.3) is 0 Å². The number of nitrogens with zero attached hydrogens (tertiary/aromatic N) is 1. The van der Waals surface area contributed by atoms with Gasteiger partial charge in [-0.15, -0.1) is 11.3 Å². The molecule has 1 N–H and O–H groups in total. The minimum atomic E-state index is -0.0237. The first-order valence-electron chi connectivity index (χ1n) is 5.93. The average Bonchev–Trinajstić information content (AvgIpc) is 2.60. The van der Waals surface area contributed by atoms with Crippen LogP contribution in [0.2, 0.25) is 0 Å². The van der Waals surface area contributed by atoms with Crippen LogP contribution in [0.5, 0.6) is 0 Å². The summed E-state index contributed by atoms with van der Waals surface area (Å²) in [6, 6.07) is 4.04. The molecule has 1 atom stereocenters. The second-order valence-electron chi connectivity index (χ2n) is 4.29. The van der Waals surface area contributed by atoms with Crippen LogP contribution in [0.15, 0.2) is 15.9 Å². The summed E-state index contributed by atoms with van der Waals surface area (Å²) < 4.78 is 1.09. The second kappa shape index (κ2) is 5.98. The zero-order valence-electron chi connectivity index (χ0n) is 9.91. The Hall–Kier alpha value is -0.390. The molecule has 1 aromatic heterocycles. The summed E-state index contributed by atoms with van der Waals surface area (Å²) in [5.41, 5.74) is 0. The average molecular weight is 317 g/mol. The van der Waals surface area contributed by atoms with Crippen molar-refractivity contribution in [3.63, 3.8) is 0 Å². The lowest BCUT2D eigenvalue weighted by molar-refractivity contribution is -0.132. The Bertz CT molecular complexity index is 386. The lowest BCUT2D eigenvalue weighted by Crippen LogP contribution is -2.36. The van der Waals surface area contributed by atoms with Gasteiger partial charge in [0, 0.05) is 24.5 Å². The van der Waals surface area contributed by atoms with Gasteiger partial charge in [0.05, 0.1) is 9.70 Å². The SMILES string of the molecule is CC(C(=O)N1CCCNCC1)c1ccc(Br)s1. The molecule has 0 aliphatic carbocycles. The first kappa shape index (κ1) is 13.1. The van der Waals surface area contributed by atoms with Crippen LogP contribution in [-0.2, 0) is 4.79 Å². The van der Waals surface area contributed by atoms with Crippen molar-refractivity contribution >= 4 is 33.2 Å². The Morgan fingerprint density at radius 2 is 2.29 bits per heavy atom. The molecule has 2 heterocycles. The van der Waals surface area contributed by atoms with E-state index in [0.717, 1.165) is 41.3 Å². The molecule has 0 radical (unpaired) electrons. The van der Waals surface area contributed by atoms with Gasteiger partial charge < -0.3 is 10.2 Å². The van der Waals surface area contributed by atoms with E-state index in [2.05, 4.69) is 21.2 Å². The van der Waals surface area contributed by atoms with Gasteiger partial charge in [0.2, 0.25) is 5.91 Å². The largest absolute Gasteiger partial charge is 0.341 e. The Morgan fingerprint density at radius 3 is 3.00 bits per heavy atom. The van der Waals surface area contributed by atoms with Crippen LogP contribution in [0.4, 0.5) is 0 Å². The van der Waals surface area contributed by atoms with E-state index in [1.54, 1.807) is 11.3 Å². The lowest BCUT2D eigenvalue weighted by Gasteiger charge is -2.23. The molecular weight excluding hydrogens is 300 g/mol. The van der Waals surface area contributed by atoms with E-state index in [0.29, 0.717) is 0 Å². The van der Waals surface area contributed by atoms with E-state index >= 15 is 0 Å². The van der Waals surface area contributed by atoms with Gasteiger partial charge in [0.1, 0.15) is 0 Å². The third kappa shape index (κ3) is 3.30. The van der Waals surface area contributed by atoms with Crippen molar-refractivity contribution in [2.75, 3.05) is 26.2 Å². The normalized spacial score (nSPS) is 18.8. The molecule has 1 unspecified atom stereocenters. The van der Waals surface area contributed by atoms with Gasteiger partial charge in [0.15, 0.2) is 0 Å². The molecular formula is C12H17BrN2OS. The first-order valence-corrected chi connectivity index (χ1v) is 7.54. The minimum Gasteiger partial charge on any atom is -0.341 e. The number of carbonyl (C=O) groups excluding carboxylic acids is 1. The number of hydrogen-bond acceptors (Lipinski definition) is 3. The minimum absolute atomic E-state index is 0.0237. The first-order chi connectivity index (χ1) is 8.18. The molecule has 0 spiro atoms. The summed E-state index contributed by atoms with van der Waals surface area (Å²) >= 11 is 5.09. The Kier molecular flexibility index (Phi) is 4.59. The molecule has 17 heavy (non-hydrogen) atoms. The van der Waals surface area contributed by atoms with E-state index in [9.17, 15) is 4.79 Å². The molecule has 3 nitrogen and oxygen atoms in total. The Morgan fingerprint density at radius 1 is 1.47 bits per heavy atom. The molecule has 94 valence electrons. The quantitative estimate of drug-likeness (QED) is 0.909. The van der Waals surface area contributed by atoms with Crippen LogP contribution in [0, 0.1) is 0 Å². The fourth-order valence-corrected chi connectivity index (χ4v) is 3.49. The number of rotatable bonds is 2. The van der Waals surface area contributed by atoms with Crippen molar-refractivity contribution in [3.05, 3.63) is 20.8 Å². The van der Waals surface area contributed by atoms with Crippen molar-refractivity contribution in [1.82, 2.24) is 10.2 Å². The fourth-order valence-electron chi connectivity index (χ4n) is 2.02. The summed E-state index contributed by atoms with van der Waals surface area (Å²) in [5, 5.41) is 3.32. The van der Waals surface area contributed by atoms with E-state index in [1.807, 2.05) is 24.0 Å². The maximum Gasteiger partial charge on any atom is 0.230 e. The topological polar surface area (TPSA) is 32.3 Å². The third-order valence-electron chi connectivity index (χ3n) is 3.04. The third-order valence-corrected chi connectivity index (χ3v) is 4.85. The number of thiophene rings is 1. The molecule has 0 bridgehead atoms. The van der Waals surface area contributed by atoms with Crippen molar-refractivity contribution in [2.45, 2.75) is 19.3 Å². The van der Waals surface area contributed by atoms with Crippen molar-refractivity contribution in [1.29, 1.82) is 0 Å². The highest BCUT2D eigenvalue weighted by Crippen LogP contribution is 2.29. The second-order valence-corrected chi connectivity index (χ2v) is 6.79. The van der Waals surface area contributed by atoms with Gasteiger partial charge in [-0.3, -0.25) is 4.79 Å². The fraction of sp³-hybridized carbons (Fsp3) is 0.583. The number of halogens is 1. The predicted molar refractivity (Wildman–Crippen MR) is 74.5 cm³/mol. The van der Waals surface area contributed by atoms with Gasteiger partial charge >= 0.3 is 0 Å². The molecule has 0 aromatic carbocycles. The van der Waals surface area contributed by atoms with Crippen LogP contribution in [0.25, 0.3) is 0 Å². The molecule has 5 heteroatoms. The van der Waals surface area contributed by atoms with Crippen LogP contribution in [0.3, 0.4) is 0 Å². The van der Waals surface area contributed by atoms with E-state index in [4.69, 9.17) is 0 Å². The zero-order valence-corrected chi connectivity index (χ0v) is 12.3. The van der Waals surface area contributed by atoms with Gasteiger partial charge in [-0.2, -0.15) is 0 Å². The molecule has 1 saturated heterocycles. The van der Waals surface area contributed by atoms with E-state index in [-0.39, 0.29) is 11.8 Å². The summed E-state index contributed by atoms with van der Waals surface area (Å²) in [7, 11) is 0. The van der Waals surface area contributed by atoms with Gasteiger partial charge in [-0.05, 0) is 48.0 Å². The summed E-state index contributed by atoms with van der Waals surface area (Å²) in [5.74, 6) is 0.229. The van der Waals surface area contributed by atoms with Gasteiger partial charge in [-0.1, -0.05) is 0 Å². The van der Waals surface area contributed by atoms with Crippen LogP contribution in [0.1, 0.15) is 24.1 Å². The summed E-state index contributed by atoms with van der Waals surface area (Å²) in [6.45, 7) is 5.63. The van der Waals surface area contributed by atoms with E-state index < -0.39 is 0 Å².